The average molecular weight is 437 g/mol. The molecule has 1 aliphatic rings. The largest absolute Gasteiger partial charge is 0.469 e. The van der Waals surface area contributed by atoms with Crippen molar-refractivity contribution in [3.05, 3.63) is 11.8 Å². The highest BCUT2D eigenvalue weighted by molar-refractivity contribution is 7.99. The standard InChI is InChI=1S/C22H36N4O3S/c1-5-9-17(7-3)24-20(28)18-14-23-22(25-21(18)30-12-6-2)26-11-8-10-16(15-26)13-19(27)29-4/h14,16-17H,5-13,15H2,1-4H3,(H,24,28)/t16-,17?/m0/s1. The highest BCUT2D eigenvalue weighted by atomic mass is 32.2. The molecule has 1 amide bonds. The fourth-order valence-electron chi connectivity index (χ4n) is 3.70. The van der Waals surface area contributed by atoms with Crippen LogP contribution < -0.4 is 10.2 Å². The Hall–Kier alpha value is -1.83. The van der Waals surface area contributed by atoms with Crippen molar-refractivity contribution in [2.75, 3.05) is 30.9 Å². The number of nitrogens with one attached hydrogen (secondary N) is 1. The molecular weight excluding hydrogens is 400 g/mol. The Morgan fingerprint density at radius 3 is 2.80 bits per heavy atom. The highest BCUT2D eigenvalue weighted by Gasteiger charge is 2.26. The summed E-state index contributed by atoms with van der Waals surface area (Å²) in [7, 11) is 1.43. The van der Waals surface area contributed by atoms with E-state index in [-0.39, 0.29) is 23.8 Å². The van der Waals surface area contributed by atoms with Crippen LogP contribution in [-0.2, 0) is 9.53 Å². The minimum Gasteiger partial charge on any atom is -0.469 e. The van der Waals surface area contributed by atoms with Gasteiger partial charge in [-0.2, -0.15) is 0 Å². The van der Waals surface area contributed by atoms with Crippen LogP contribution in [-0.4, -0.2) is 53.8 Å². The van der Waals surface area contributed by atoms with E-state index in [2.05, 4.69) is 36.0 Å². The Bertz CT molecular complexity index is 701. The zero-order valence-corrected chi connectivity index (χ0v) is 19.6. The van der Waals surface area contributed by atoms with Crippen molar-refractivity contribution in [3.8, 4) is 0 Å². The minimum atomic E-state index is -0.175. The van der Waals surface area contributed by atoms with E-state index in [1.165, 1.54) is 7.11 Å². The molecule has 2 atom stereocenters. The summed E-state index contributed by atoms with van der Waals surface area (Å²) < 4.78 is 4.82. The summed E-state index contributed by atoms with van der Waals surface area (Å²) in [6, 6.07) is 0.173. The van der Waals surface area contributed by atoms with E-state index >= 15 is 0 Å². The number of rotatable bonds is 11. The molecule has 1 saturated heterocycles. The molecule has 1 unspecified atom stereocenters. The molecule has 0 radical (unpaired) electrons. The van der Waals surface area contributed by atoms with E-state index in [9.17, 15) is 9.59 Å². The molecule has 0 spiro atoms. The van der Waals surface area contributed by atoms with Gasteiger partial charge in [0.25, 0.3) is 5.91 Å². The maximum atomic E-state index is 12.9. The Balaban J connectivity index is 2.18. The smallest absolute Gasteiger partial charge is 0.305 e. The molecule has 0 bridgehead atoms. The lowest BCUT2D eigenvalue weighted by Crippen LogP contribution is -2.38. The zero-order chi connectivity index (χ0) is 21.9. The van der Waals surface area contributed by atoms with Crippen molar-refractivity contribution in [2.45, 2.75) is 76.8 Å². The van der Waals surface area contributed by atoms with Gasteiger partial charge in [-0.3, -0.25) is 9.59 Å². The van der Waals surface area contributed by atoms with Gasteiger partial charge in [0.15, 0.2) is 0 Å². The van der Waals surface area contributed by atoms with Gasteiger partial charge in [0.1, 0.15) is 5.03 Å². The number of ether oxygens (including phenoxy) is 1. The van der Waals surface area contributed by atoms with E-state index in [1.807, 2.05) is 0 Å². The van der Waals surface area contributed by atoms with E-state index in [1.54, 1.807) is 18.0 Å². The number of esters is 1. The van der Waals surface area contributed by atoms with Crippen molar-refractivity contribution in [2.24, 2.45) is 5.92 Å². The molecule has 0 aliphatic carbocycles. The van der Waals surface area contributed by atoms with Crippen molar-refractivity contribution in [1.29, 1.82) is 0 Å². The number of piperidine rings is 1. The van der Waals surface area contributed by atoms with Gasteiger partial charge in [0.05, 0.1) is 12.7 Å². The summed E-state index contributed by atoms with van der Waals surface area (Å²) in [5, 5.41) is 3.87. The third-order valence-electron chi connectivity index (χ3n) is 5.38. The number of carbonyl (C=O) groups is 2. The summed E-state index contributed by atoms with van der Waals surface area (Å²) in [6.45, 7) is 7.92. The number of hydrogen-bond acceptors (Lipinski definition) is 7. The molecule has 1 N–H and O–H groups in total. The molecule has 2 rings (SSSR count). The molecule has 0 saturated carbocycles. The molecular formula is C22H36N4O3S. The summed E-state index contributed by atoms with van der Waals surface area (Å²) >= 11 is 1.60. The van der Waals surface area contributed by atoms with Crippen LogP contribution in [0.5, 0.6) is 0 Å². The van der Waals surface area contributed by atoms with Crippen LogP contribution in [0.3, 0.4) is 0 Å². The van der Waals surface area contributed by atoms with Crippen LogP contribution >= 0.6 is 11.8 Å². The van der Waals surface area contributed by atoms with E-state index in [4.69, 9.17) is 9.72 Å². The van der Waals surface area contributed by atoms with Crippen LogP contribution in [0.4, 0.5) is 5.95 Å². The number of hydrogen-bond donors (Lipinski definition) is 1. The average Bonchev–Trinajstić information content (AvgIpc) is 2.77. The maximum Gasteiger partial charge on any atom is 0.305 e. The number of anilines is 1. The number of nitrogens with zero attached hydrogens (tertiary/aromatic N) is 3. The molecule has 2 heterocycles. The quantitative estimate of drug-likeness (QED) is 0.318. The Morgan fingerprint density at radius 2 is 2.13 bits per heavy atom. The Kier molecular flexibility index (Phi) is 10.4. The summed E-state index contributed by atoms with van der Waals surface area (Å²) in [5.74, 6) is 1.51. The summed E-state index contributed by atoms with van der Waals surface area (Å²) in [4.78, 5) is 36.0. The van der Waals surface area contributed by atoms with Crippen LogP contribution in [0.15, 0.2) is 11.2 Å². The predicted molar refractivity (Wildman–Crippen MR) is 121 cm³/mol. The van der Waals surface area contributed by atoms with Gasteiger partial charge in [-0.05, 0) is 43.8 Å². The summed E-state index contributed by atoms with van der Waals surface area (Å²) in [5.41, 5.74) is 0.551. The molecule has 1 aliphatic heterocycles. The first-order valence-corrected chi connectivity index (χ1v) is 12.1. The van der Waals surface area contributed by atoms with Crippen molar-refractivity contribution < 1.29 is 14.3 Å². The second-order valence-electron chi connectivity index (χ2n) is 7.84. The maximum absolute atomic E-state index is 12.9. The molecule has 1 aromatic heterocycles. The monoisotopic (exact) mass is 436 g/mol. The normalized spacial score (nSPS) is 17.5. The van der Waals surface area contributed by atoms with Gasteiger partial charge in [-0.15, -0.1) is 11.8 Å². The Labute approximate surface area is 184 Å². The van der Waals surface area contributed by atoms with Crippen LogP contribution in [0.1, 0.15) is 76.1 Å². The van der Waals surface area contributed by atoms with Gasteiger partial charge in [0.2, 0.25) is 5.95 Å². The van der Waals surface area contributed by atoms with E-state index in [0.717, 1.165) is 62.4 Å². The van der Waals surface area contributed by atoms with E-state index in [0.29, 0.717) is 17.9 Å². The fraction of sp³-hybridized carbons (Fsp3) is 0.727. The molecule has 1 fully saturated rings. The van der Waals surface area contributed by atoms with Gasteiger partial charge in [0, 0.05) is 31.7 Å². The number of carbonyl (C=O) groups excluding carboxylic acids is 2. The highest BCUT2D eigenvalue weighted by Crippen LogP contribution is 2.27. The van der Waals surface area contributed by atoms with Crippen molar-refractivity contribution >= 4 is 29.6 Å². The third kappa shape index (κ3) is 7.15. The molecule has 30 heavy (non-hydrogen) atoms. The first-order chi connectivity index (χ1) is 14.5. The number of aromatic nitrogens is 2. The number of methoxy groups -OCH3 is 1. The second kappa shape index (κ2) is 12.8. The SMILES string of the molecule is CCCSc1nc(N2CCC[C@@H](CC(=O)OC)C2)ncc1C(=O)NC(CC)CCC. The van der Waals surface area contributed by atoms with Gasteiger partial charge < -0.3 is 15.0 Å². The molecule has 0 aromatic carbocycles. The summed E-state index contributed by atoms with van der Waals surface area (Å²) in [6.07, 6.45) is 7.98. The lowest BCUT2D eigenvalue weighted by atomic mass is 9.95. The van der Waals surface area contributed by atoms with Gasteiger partial charge in [-0.25, -0.2) is 9.97 Å². The van der Waals surface area contributed by atoms with Crippen LogP contribution in [0.25, 0.3) is 0 Å². The molecule has 7 nitrogen and oxygen atoms in total. The lowest BCUT2D eigenvalue weighted by Gasteiger charge is -2.32. The topological polar surface area (TPSA) is 84.4 Å². The third-order valence-corrected chi connectivity index (χ3v) is 6.58. The first kappa shape index (κ1) is 24.4. The number of thioether (sulfide) groups is 1. The van der Waals surface area contributed by atoms with E-state index < -0.39 is 0 Å². The zero-order valence-electron chi connectivity index (χ0n) is 18.8. The molecule has 8 heteroatoms. The minimum absolute atomic E-state index is 0.0948. The number of amides is 1. The van der Waals surface area contributed by atoms with Gasteiger partial charge >= 0.3 is 5.97 Å². The van der Waals surface area contributed by atoms with Crippen molar-refractivity contribution in [1.82, 2.24) is 15.3 Å². The molecule has 1 aromatic rings. The molecule has 168 valence electrons. The lowest BCUT2D eigenvalue weighted by molar-refractivity contribution is -0.141. The Morgan fingerprint density at radius 1 is 1.33 bits per heavy atom. The first-order valence-electron chi connectivity index (χ1n) is 11.1. The predicted octanol–water partition coefficient (Wildman–Crippen LogP) is 4.07. The van der Waals surface area contributed by atoms with Crippen LogP contribution in [0, 0.1) is 5.92 Å². The van der Waals surface area contributed by atoms with Crippen LogP contribution in [0.2, 0.25) is 0 Å². The second-order valence-corrected chi connectivity index (χ2v) is 8.92. The van der Waals surface area contributed by atoms with Gasteiger partial charge in [-0.1, -0.05) is 27.2 Å². The fourth-order valence-corrected chi connectivity index (χ4v) is 4.54. The van der Waals surface area contributed by atoms with Crippen molar-refractivity contribution in [3.63, 3.8) is 0 Å².